The molecule has 9 heteroatoms. The van der Waals surface area contributed by atoms with E-state index in [1.807, 2.05) is 35.2 Å². The number of nitrogens with one attached hydrogen (secondary N) is 1. The van der Waals surface area contributed by atoms with Gasteiger partial charge in [0.1, 0.15) is 5.82 Å². The molecule has 4 aromatic rings. The summed E-state index contributed by atoms with van der Waals surface area (Å²) < 4.78 is 19.5. The van der Waals surface area contributed by atoms with Crippen LogP contribution in [0.4, 0.5) is 27.7 Å². The highest BCUT2D eigenvalue weighted by atomic mass is 19.1. The van der Waals surface area contributed by atoms with Gasteiger partial charge in [-0.05, 0) is 18.2 Å². The van der Waals surface area contributed by atoms with Crippen molar-refractivity contribution in [2.75, 3.05) is 42.3 Å². The third-order valence-corrected chi connectivity index (χ3v) is 5.04. The van der Waals surface area contributed by atoms with E-state index in [4.69, 9.17) is 10.5 Å². The maximum absolute atomic E-state index is 14.0. The summed E-state index contributed by atoms with van der Waals surface area (Å²) in [6, 6.07) is 13.0. The molecular weight excluding hydrogens is 397 g/mol. The number of hydrogen-bond acceptors (Lipinski definition) is 8. The molecule has 1 aliphatic heterocycles. The standard InChI is InChI=1S/C22H20FN7O/c23-17-10-15(12-26-21(17)24)19-11-20(29-22(28-19)30-5-7-31-8-6-30)27-16-9-14-3-1-2-4-18(14)25-13-16/h1-4,9-13H,5-8H2,(H2,24,26)(H,27,28,29). The van der Waals surface area contributed by atoms with Crippen molar-refractivity contribution in [3.63, 3.8) is 0 Å². The summed E-state index contributed by atoms with van der Waals surface area (Å²) in [5.41, 5.74) is 8.29. The third-order valence-electron chi connectivity index (χ3n) is 5.04. The molecule has 4 heterocycles. The normalized spacial score (nSPS) is 14.0. The number of halogens is 1. The van der Waals surface area contributed by atoms with Gasteiger partial charge in [-0.1, -0.05) is 18.2 Å². The monoisotopic (exact) mass is 417 g/mol. The Balaban J connectivity index is 1.55. The minimum absolute atomic E-state index is 0.146. The largest absolute Gasteiger partial charge is 0.381 e. The molecule has 0 aliphatic carbocycles. The number of nitrogens with two attached hydrogens (primary N) is 1. The zero-order valence-corrected chi connectivity index (χ0v) is 16.6. The van der Waals surface area contributed by atoms with E-state index in [0.717, 1.165) is 16.6 Å². The predicted octanol–water partition coefficient (Wildman–Crippen LogP) is 3.39. The van der Waals surface area contributed by atoms with Gasteiger partial charge < -0.3 is 20.7 Å². The number of rotatable bonds is 4. The molecule has 1 aliphatic rings. The highest BCUT2D eigenvalue weighted by Gasteiger charge is 2.17. The Morgan fingerprint density at radius 2 is 1.84 bits per heavy atom. The summed E-state index contributed by atoms with van der Waals surface area (Å²) in [4.78, 5) is 19.8. The first-order chi connectivity index (χ1) is 15.2. The molecule has 1 saturated heterocycles. The Morgan fingerprint density at radius 3 is 2.68 bits per heavy atom. The minimum Gasteiger partial charge on any atom is -0.381 e. The van der Waals surface area contributed by atoms with Gasteiger partial charge in [-0.25, -0.2) is 14.4 Å². The quantitative estimate of drug-likeness (QED) is 0.521. The van der Waals surface area contributed by atoms with Crippen LogP contribution >= 0.6 is 0 Å². The first-order valence-corrected chi connectivity index (χ1v) is 9.91. The second-order valence-corrected chi connectivity index (χ2v) is 7.17. The van der Waals surface area contributed by atoms with Crippen molar-refractivity contribution in [2.24, 2.45) is 0 Å². The molecule has 8 nitrogen and oxygen atoms in total. The van der Waals surface area contributed by atoms with Crippen LogP contribution in [-0.2, 0) is 4.74 Å². The maximum Gasteiger partial charge on any atom is 0.228 e. The zero-order chi connectivity index (χ0) is 21.2. The van der Waals surface area contributed by atoms with Crippen molar-refractivity contribution < 1.29 is 9.13 Å². The molecule has 31 heavy (non-hydrogen) atoms. The fourth-order valence-corrected chi connectivity index (χ4v) is 3.43. The van der Waals surface area contributed by atoms with Crippen LogP contribution in [0, 0.1) is 5.82 Å². The number of hydrogen-bond donors (Lipinski definition) is 2. The lowest BCUT2D eigenvalue weighted by atomic mass is 10.2. The number of benzene rings is 1. The van der Waals surface area contributed by atoms with Crippen LogP contribution in [-0.4, -0.2) is 46.2 Å². The molecule has 0 atom stereocenters. The van der Waals surface area contributed by atoms with Crippen LogP contribution < -0.4 is 16.0 Å². The maximum atomic E-state index is 14.0. The van der Waals surface area contributed by atoms with Gasteiger partial charge in [0.25, 0.3) is 0 Å². The van der Waals surface area contributed by atoms with Crippen LogP contribution in [0.25, 0.3) is 22.2 Å². The van der Waals surface area contributed by atoms with Gasteiger partial charge in [-0.15, -0.1) is 0 Å². The summed E-state index contributed by atoms with van der Waals surface area (Å²) in [6.07, 6.45) is 3.26. The number of nitrogen functional groups attached to an aromatic ring is 1. The molecule has 0 spiro atoms. The lowest BCUT2D eigenvalue weighted by Crippen LogP contribution is -2.37. The van der Waals surface area contributed by atoms with E-state index < -0.39 is 5.82 Å². The second kappa shape index (κ2) is 8.11. The fourth-order valence-electron chi connectivity index (χ4n) is 3.43. The van der Waals surface area contributed by atoms with E-state index in [9.17, 15) is 4.39 Å². The summed E-state index contributed by atoms with van der Waals surface area (Å²) in [6.45, 7) is 2.55. The highest BCUT2D eigenvalue weighted by molar-refractivity contribution is 5.82. The average Bonchev–Trinajstić information content (AvgIpc) is 2.81. The lowest BCUT2D eigenvalue weighted by molar-refractivity contribution is 0.122. The van der Waals surface area contributed by atoms with E-state index in [1.165, 1.54) is 12.3 Å². The molecule has 0 amide bonds. The number of para-hydroxylation sites is 1. The topological polar surface area (TPSA) is 102 Å². The van der Waals surface area contributed by atoms with E-state index >= 15 is 0 Å². The van der Waals surface area contributed by atoms with Gasteiger partial charge in [-0.3, -0.25) is 4.98 Å². The van der Waals surface area contributed by atoms with Gasteiger partial charge >= 0.3 is 0 Å². The van der Waals surface area contributed by atoms with Crippen molar-refractivity contribution in [2.45, 2.75) is 0 Å². The molecule has 0 saturated carbocycles. The molecule has 0 bridgehead atoms. The first-order valence-electron chi connectivity index (χ1n) is 9.91. The number of morpholine rings is 1. The number of pyridine rings is 2. The second-order valence-electron chi connectivity index (χ2n) is 7.17. The molecule has 3 aromatic heterocycles. The van der Waals surface area contributed by atoms with Gasteiger partial charge in [-0.2, -0.15) is 4.98 Å². The van der Waals surface area contributed by atoms with E-state index in [1.54, 1.807) is 12.3 Å². The smallest absolute Gasteiger partial charge is 0.228 e. The van der Waals surface area contributed by atoms with Crippen molar-refractivity contribution in [3.8, 4) is 11.3 Å². The van der Waals surface area contributed by atoms with Crippen LogP contribution in [0.3, 0.4) is 0 Å². The Bertz CT molecular complexity index is 1240. The molecule has 0 unspecified atom stereocenters. The molecule has 5 rings (SSSR count). The lowest BCUT2D eigenvalue weighted by Gasteiger charge is -2.27. The van der Waals surface area contributed by atoms with Crippen LogP contribution in [0.2, 0.25) is 0 Å². The van der Waals surface area contributed by atoms with E-state index in [2.05, 4.69) is 25.3 Å². The van der Waals surface area contributed by atoms with Gasteiger partial charge in [0.15, 0.2) is 11.6 Å². The molecule has 3 N–H and O–H groups in total. The van der Waals surface area contributed by atoms with Gasteiger partial charge in [0.2, 0.25) is 5.95 Å². The molecule has 1 aromatic carbocycles. The van der Waals surface area contributed by atoms with Gasteiger partial charge in [0, 0.05) is 36.3 Å². The summed E-state index contributed by atoms with van der Waals surface area (Å²) >= 11 is 0. The molecule has 0 radical (unpaired) electrons. The van der Waals surface area contributed by atoms with Gasteiger partial charge in [0.05, 0.1) is 36.3 Å². The SMILES string of the molecule is Nc1ncc(-c2cc(Nc3cnc4ccccc4c3)nc(N3CCOCC3)n2)cc1F. The summed E-state index contributed by atoms with van der Waals surface area (Å²) in [5.74, 6) is 0.374. The van der Waals surface area contributed by atoms with Crippen LogP contribution in [0.1, 0.15) is 0 Å². The number of nitrogens with zero attached hydrogens (tertiary/aromatic N) is 5. The molecular formula is C22H20FN7O. The number of ether oxygens (including phenoxy) is 1. The number of anilines is 4. The number of aromatic nitrogens is 4. The average molecular weight is 417 g/mol. The number of fused-ring (bicyclic) bond motifs is 1. The third kappa shape index (κ3) is 4.08. The Hall–Kier alpha value is -3.85. The molecule has 156 valence electrons. The minimum atomic E-state index is -0.586. The summed E-state index contributed by atoms with van der Waals surface area (Å²) in [5, 5.41) is 4.32. The van der Waals surface area contributed by atoms with Crippen LogP contribution in [0.5, 0.6) is 0 Å². The summed E-state index contributed by atoms with van der Waals surface area (Å²) in [7, 11) is 0. The van der Waals surface area contributed by atoms with Crippen molar-refractivity contribution in [3.05, 3.63) is 60.7 Å². The Labute approximate surface area is 177 Å². The zero-order valence-electron chi connectivity index (χ0n) is 16.6. The molecule has 1 fully saturated rings. The highest BCUT2D eigenvalue weighted by Crippen LogP contribution is 2.27. The van der Waals surface area contributed by atoms with Crippen molar-refractivity contribution in [1.29, 1.82) is 0 Å². The fraction of sp³-hybridized carbons (Fsp3) is 0.182. The van der Waals surface area contributed by atoms with E-state index in [0.29, 0.717) is 49.3 Å². The predicted molar refractivity (Wildman–Crippen MR) is 118 cm³/mol. The van der Waals surface area contributed by atoms with Crippen molar-refractivity contribution >= 4 is 34.2 Å². The Morgan fingerprint density at radius 1 is 1.00 bits per heavy atom. The van der Waals surface area contributed by atoms with Crippen LogP contribution in [0.15, 0.2) is 54.9 Å². The van der Waals surface area contributed by atoms with Crippen molar-refractivity contribution in [1.82, 2.24) is 19.9 Å². The first kappa shape index (κ1) is 19.1. The van der Waals surface area contributed by atoms with E-state index in [-0.39, 0.29) is 5.82 Å². The Kier molecular flexibility index (Phi) is 5.01.